The van der Waals surface area contributed by atoms with Crippen molar-refractivity contribution >= 4 is 29.0 Å². The van der Waals surface area contributed by atoms with Gasteiger partial charge in [-0.2, -0.15) is 0 Å². The average molecular weight is 286 g/mol. The normalized spacial score (nSPS) is 10.3. The van der Waals surface area contributed by atoms with Crippen LogP contribution in [0.3, 0.4) is 0 Å². The van der Waals surface area contributed by atoms with Gasteiger partial charge in [0.25, 0.3) is 0 Å². The molecular formula is C16H18N2OS. The molecule has 0 fully saturated rings. The zero-order valence-electron chi connectivity index (χ0n) is 11.6. The molecule has 3 nitrogen and oxygen atoms in total. The predicted octanol–water partition coefficient (Wildman–Crippen LogP) is 3.62. The number of nitrogens with one attached hydrogen (secondary N) is 1. The summed E-state index contributed by atoms with van der Waals surface area (Å²) in [4.78, 5) is 13.1. The van der Waals surface area contributed by atoms with Gasteiger partial charge in [0, 0.05) is 16.3 Å². The highest BCUT2D eigenvalue weighted by Gasteiger charge is 2.07. The Morgan fingerprint density at radius 2 is 1.85 bits per heavy atom. The fourth-order valence-electron chi connectivity index (χ4n) is 1.83. The van der Waals surface area contributed by atoms with E-state index in [9.17, 15) is 4.79 Å². The van der Waals surface area contributed by atoms with Crippen LogP contribution in [0.4, 0.5) is 11.4 Å². The van der Waals surface area contributed by atoms with E-state index in [-0.39, 0.29) is 5.91 Å². The summed E-state index contributed by atoms with van der Waals surface area (Å²) in [5.74, 6) is 0.387. The Hall–Kier alpha value is -1.94. The van der Waals surface area contributed by atoms with E-state index in [2.05, 4.69) is 5.32 Å². The molecule has 104 valence electrons. The van der Waals surface area contributed by atoms with Gasteiger partial charge in [0.1, 0.15) is 0 Å². The maximum absolute atomic E-state index is 12.0. The second-order valence-electron chi connectivity index (χ2n) is 4.67. The number of aryl methyl sites for hydroxylation is 2. The molecule has 0 heterocycles. The molecule has 4 heteroatoms. The van der Waals surface area contributed by atoms with Crippen molar-refractivity contribution in [3.63, 3.8) is 0 Å². The van der Waals surface area contributed by atoms with Crippen molar-refractivity contribution in [1.29, 1.82) is 0 Å². The van der Waals surface area contributed by atoms with E-state index in [4.69, 9.17) is 5.73 Å². The first-order valence-electron chi connectivity index (χ1n) is 6.40. The molecule has 0 aromatic heterocycles. The Morgan fingerprint density at radius 3 is 2.55 bits per heavy atom. The van der Waals surface area contributed by atoms with Crippen LogP contribution in [-0.2, 0) is 4.79 Å². The van der Waals surface area contributed by atoms with Crippen molar-refractivity contribution in [3.05, 3.63) is 53.6 Å². The van der Waals surface area contributed by atoms with E-state index < -0.39 is 0 Å². The third kappa shape index (κ3) is 3.78. The highest BCUT2D eigenvalue weighted by Crippen LogP contribution is 2.23. The number of hydrogen-bond donors (Lipinski definition) is 2. The molecule has 0 saturated heterocycles. The van der Waals surface area contributed by atoms with Gasteiger partial charge >= 0.3 is 0 Å². The molecular weight excluding hydrogens is 268 g/mol. The Labute approximate surface area is 123 Å². The number of carbonyl (C=O) groups is 1. The van der Waals surface area contributed by atoms with Crippen molar-refractivity contribution < 1.29 is 4.79 Å². The van der Waals surface area contributed by atoms with Gasteiger partial charge in [0.2, 0.25) is 5.91 Å². The molecule has 0 saturated carbocycles. The molecule has 2 aromatic rings. The zero-order valence-corrected chi connectivity index (χ0v) is 12.5. The van der Waals surface area contributed by atoms with Crippen molar-refractivity contribution in [3.8, 4) is 0 Å². The van der Waals surface area contributed by atoms with Gasteiger partial charge in [-0.15, -0.1) is 11.8 Å². The van der Waals surface area contributed by atoms with Crippen LogP contribution in [-0.4, -0.2) is 11.7 Å². The van der Waals surface area contributed by atoms with Crippen LogP contribution in [0.2, 0.25) is 0 Å². The average Bonchev–Trinajstić information content (AvgIpc) is 2.44. The van der Waals surface area contributed by atoms with E-state index in [1.165, 1.54) is 11.8 Å². The third-order valence-electron chi connectivity index (χ3n) is 3.00. The molecule has 0 radical (unpaired) electrons. The van der Waals surface area contributed by atoms with Crippen LogP contribution >= 0.6 is 11.8 Å². The van der Waals surface area contributed by atoms with Gasteiger partial charge in [0.05, 0.1) is 5.75 Å². The standard InChI is InChI=1S/C16H18N2OS/c1-11-9-15(12(2)8-14(11)17)18-16(19)10-20-13-6-4-3-5-7-13/h3-9H,10,17H2,1-2H3,(H,18,19). The van der Waals surface area contributed by atoms with Crippen LogP contribution in [0.15, 0.2) is 47.4 Å². The number of carbonyl (C=O) groups excluding carboxylic acids is 1. The third-order valence-corrected chi connectivity index (χ3v) is 4.01. The number of anilines is 2. The van der Waals surface area contributed by atoms with E-state index >= 15 is 0 Å². The van der Waals surface area contributed by atoms with E-state index in [0.29, 0.717) is 5.75 Å². The number of nitrogen functional groups attached to an aromatic ring is 1. The van der Waals surface area contributed by atoms with Gasteiger partial charge in [-0.25, -0.2) is 0 Å². The first kappa shape index (κ1) is 14.5. The molecule has 0 atom stereocenters. The molecule has 0 unspecified atom stereocenters. The van der Waals surface area contributed by atoms with Crippen LogP contribution in [0, 0.1) is 13.8 Å². The summed E-state index contributed by atoms with van der Waals surface area (Å²) in [6, 6.07) is 13.7. The summed E-state index contributed by atoms with van der Waals surface area (Å²) in [7, 11) is 0. The Morgan fingerprint density at radius 1 is 1.15 bits per heavy atom. The Bertz CT molecular complexity index is 611. The number of thioether (sulfide) groups is 1. The molecule has 0 aliphatic heterocycles. The molecule has 0 aliphatic rings. The summed E-state index contributed by atoms with van der Waals surface area (Å²) < 4.78 is 0. The van der Waals surface area contributed by atoms with Crippen molar-refractivity contribution in [1.82, 2.24) is 0 Å². The maximum atomic E-state index is 12.0. The maximum Gasteiger partial charge on any atom is 0.234 e. The molecule has 2 aromatic carbocycles. The SMILES string of the molecule is Cc1cc(NC(=O)CSc2ccccc2)c(C)cc1N. The molecule has 1 amide bonds. The minimum absolute atomic E-state index is 0.00822. The van der Waals surface area contributed by atoms with Crippen molar-refractivity contribution in [2.75, 3.05) is 16.8 Å². The molecule has 0 bridgehead atoms. The lowest BCUT2D eigenvalue weighted by Gasteiger charge is -2.11. The first-order valence-corrected chi connectivity index (χ1v) is 7.39. The molecule has 2 rings (SSSR count). The summed E-state index contributed by atoms with van der Waals surface area (Å²) in [5.41, 5.74) is 9.37. The summed E-state index contributed by atoms with van der Waals surface area (Å²) >= 11 is 1.52. The van der Waals surface area contributed by atoms with Gasteiger partial charge in [-0.1, -0.05) is 18.2 Å². The number of benzene rings is 2. The predicted molar refractivity (Wildman–Crippen MR) is 86.1 cm³/mol. The fourth-order valence-corrected chi connectivity index (χ4v) is 2.54. The lowest BCUT2D eigenvalue weighted by Crippen LogP contribution is -2.15. The van der Waals surface area contributed by atoms with E-state index in [0.717, 1.165) is 27.4 Å². The van der Waals surface area contributed by atoms with Gasteiger partial charge in [-0.05, 0) is 49.2 Å². The minimum atomic E-state index is -0.00822. The number of rotatable bonds is 4. The smallest absolute Gasteiger partial charge is 0.234 e. The van der Waals surface area contributed by atoms with Crippen LogP contribution in [0.1, 0.15) is 11.1 Å². The quantitative estimate of drug-likeness (QED) is 0.667. The molecule has 0 aliphatic carbocycles. The van der Waals surface area contributed by atoms with Gasteiger partial charge in [-0.3, -0.25) is 4.79 Å². The summed E-state index contributed by atoms with van der Waals surface area (Å²) in [6.45, 7) is 3.87. The molecule has 3 N–H and O–H groups in total. The molecule has 0 spiro atoms. The number of amides is 1. The van der Waals surface area contributed by atoms with Crippen LogP contribution in [0.5, 0.6) is 0 Å². The van der Waals surface area contributed by atoms with Gasteiger partial charge < -0.3 is 11.1 Å². The van der Waals surface area contributed by atoms with Crippen LogP contribution < -0.4 is 11.1 Å². The highest BCUT2D eigenvalue weighted by atomic mass is 32.2. The number of nitrogens with two attached hydrogens (primary N) is 1. The summed E-state index contributed by atoms with van der Waals surface area (Å²) in [6.07, 6.45) is 0. The fraction of sp³-hybridized carbons (Fsp3) is 0.188. The molecule has 20 heavy (non-hydrogen) atoms. The Balaban J connectivity index is 1.97. The lowest BCUT2D eigenvalue weighted by atomic mass is 10.1. The highest BCUT2D eigenvalue weighted by molar-refractivity contribution is 8.00. The van der Waals surface area contributed by atoms with E-state index in [1.807, 2.05) is 56.3 Å². The van der Waals surface area contributed by atoms with Gasteiger partial charge in [0.15, 0.2) is 0 Å². The van der Waals surface area contributed by atoms with Crippen molar-refractivity contribution in [2.45, 2.75) is 18.7 Å². The second-order valence-corrected chi connectivity index (χ2v) is 5.72. The lowest BCUT2D eigenvalue weighted by molar-refractivity contribution is -0.113. The zero-order chi connectivity index (χ0) is 14.5. The monoisotopic (exact) mass is 286 g/mol. The van der Waals surface area contributed by atoms with Crippen molar-refractivity contribution in [2.24, 2.45) is 0 Å². The van der Waals surface area contributed by atoms with E-state index in [1.54, 1.807) is 0 Å². The minimum Gasteiger partial charge on any atom is -0.399 e. The Kier molecular flexibility index (Phi) is 4.69. The number of hydrogen-bond acceptors (Lipinski definition) is 3. The summed E-state index contributed by atoms with van der Waals surface area (Å²) in [5, 5.41) is 2.93. The topological polar surface area (TPSA) is 55.1 Å². The van der Waals surface area contributed by atoms with Crippen LogP contribution in [0.25, 0.3) is 0 Å². The second kappa shape index (κ2) is 6.48. The largest absolute Gasteiger partial charge is 0.399 e. The first-order chi connectivity index (χ1) is 9.56.